The Balaban J connectivity index is 1.67. The van der Waals surface area contributed by atoms with Crippen molar-refractivity contribution in [3.8, 4) is 11.5 Å². The van der Waals surface area contributed by atoms with Gasteiger partial charge in [-0.1, -0.05) is 29.8 Å². The van der Waals surface area contributed by atoms with Crippen molar-refractivity contribution in [2.24, 2.45) is 0 Å². The second kappa shape index (κ2) is 10.5. The van der Waals surface area contributed by atoms with Crippen LogP contribution < -0.4 is 19.1 Å². The van der Waals surface area contributed by atoms with E-state index in [0.29, 0.717) is 11.3 Å². The number of nitrogens with one attached hydrogen (secondary N) is 1. The molecular weight excluding hydrogens is 508 g/mol. The van der Waals surface area contributed by atoms with Crippen molar-refractivity contribution < 1.29 is 31.7 Å². The number of urea groups is 1. The van der Waals surface area contributed by atoms with Crippen molar-refractivity contribution in [3.63, 3.8) is 0 Å². The summed E-state index contributed by atoms with van der Waals surface area (Å²) in [5.74, 6) is -1.59. The Morgan fingerprint density at radius 2 is 1.58 bits per heavy atom. The minimum absolute atomic E-state index is 0.0164. The van der Waals surface area contributed by atoms with Crippen molar-refractivity contribution in [1.82, 2.24) is 5.32 Å². The number of carbonyl (C=O) groups is 3. The SMILES string of the molecule is CCOc1cc(/C=C2\C(=O)NC(=O)N(c3ccc(C)c(C)c3)C2=O)ccc1OS(=O)(=O)c1ccc(C)cc1. The lowest BCUT2D eigenvalue weighted by Gasteiger charge is -2.27. The highest BCUT2D eigenvalue weighted by Gasteiger charge is 2.37. The fraction of sp³-hybridized carbons (Fsp3) is 0.179. The molecule has 0 spiro atoms. The van der Waals surface area contributed by atoms with Gasteiger partial charge in [0.2, 0.25) is 0 Å². The fourth-order valence-electron chi connectivity index (χ4n) is 3.75. The van der Waals surface area contributed by atoms with E-state index >= 15 is 0 Å². The molecule has 1 saturated heterocycles. The third-order valence-corrected chi connectivity index (χ3v) is 7.19. The summed E-state index contributed by atoms with van der Waals surface area (Å²) in [5.41, 5.74) is 3.18. The van der Waals surface area contributed by atoms with Gasteiger partial charge in [-0.05, 0) is 86.9 Å². The van der Waals surface area contributed by atoms with Gasteiger partial charge in [-0.25, -0.2) is 9.69 Å². The maximum absolute atomic E-state index is 13.2. The van der Waals surface area contributed by atoms with Crippen molar-refractivity contribution in [2.75, 3.05) is 11.5 Å². The summed E-state index contributed by atoms with van der Waals surface area (Å²) < 4.78 is 36.5. The maximum atomic E-state index is 13.2. The van der Waals surface area contributed by atoms with E-state index in [2.05, 4.69) is 5.32 Å². The zero-order valence-electron chi connectivity index (χ0n) is 21.3. The lowest BCUT2D eigenvalue weighted by molar-refractivity contribution is -0.122. The Hall–Kier alpha value is -4.44. The molecule has 0 bridgehead atoms. The zero-order chi connectivity index (χ0) is 27.6. The average Bonchev–Trinajstić information content (AvgIpc) is 2.85. The van der Waals surface area contributed by atoms with E-state index < -0.39 is 28.0 Å². The second-order valence-corrected chi connectivity index (χ2v) is 10.3. The molecule has 1 aliphatic heterocycles. The van der Waals surface area contributed by atoms with Gasteiger partial charge in [0.25, 0.3) is 11.8 Å². The van der Waals surface area contributed by atoms with Crippen LogP contribution in [0.5, 0.6) is 11.5 Å². The first-order valence-corrected chi connectivity index (χ1v) is 13.2. The van der Waals surface area contributed by atoms with E-state index in [1.165, 1.54) is 36.4 Å². The molecule has 1 fully saturated rings. The molecule has 1 heterocycles. The van der Waals surface area contributed by atoms with Crippen molar-refractivity contribution in [2.45, 2.75) is 32.6 Å². The van der Waals surface area contributed by atoms with E-state index in [1.807, 2.05) is 20.8 Å². The molecule has 196 valence electrons. The van der Waals surface area contributed by atoms with Gasteiger partial charge in [-0.3, -0.25) is 14.9 Å². The Bertz CT molecular complexity index is 1580. The number of hydrogen-bond donors (Lipinski definition) is 1. The third-order valence-electron chi connectivity index (χ3n) is 5.94. The Labute approximate surface area is 220 Å². The highest BCUT2D eigenvalue weighted by molar-refractivity contribution is 7.87. The molecule has 0 aliphatic carbocycles. The number of ether oxygens (including phenoxy) is 1. The molecular formula is C28H26N2O7S. The molecule has 10 heteroatoms. The molecule has 0 aromatic heterocycles. The average molecular weight is 535 g/mol. The molecule has 0 atom stereocenters. The first-order chi connectivity index (χ1) is 18.0. The molecule has 1 aliphatic rings. The van der Waals surface area contributed by atoms with Gasteiger partial charge >= 0.3 is 16.1 Å². The fourth-order valence-corrected chi connectivity index (χ4v) is 4.69. The normalized spacial score (nSPS) is 15.0. The quantitative estimate of drug-likeness (QED) is 0.270. The first kappa shape index (κ1) is 26.6. The molecule has 38 heavy (non-hydrogen) atoms. The Morgan fingerprint density at radius 1 is 0.868 bits per heavy atom. The van der Waals surface area contributed by atoms with Gasteiger partial charge in [0.05, 0.1) is 12.3 Å². The number of nitrogens with zero attached hydrogens (tertiary/aromatic N) is 1. The zero-order valence-corrected chi connectivity index (χ0v) is 22.1. The number of carbonyl (C=O) groups excluding carboxylic acids is 3. The molecule has 0 radical (unpaired) electrons. The number of amides is 4. The minimum atomic E-state index is -4.14. The van der Waals surface area contributed by atoms with Gasteiger partial charge in [-0.2, -0.15) is 8.42 Å². The van der Waals surface area contributed by atoms with E-state index in [9.17, 15) is 22.8 Å². The topological polar surface area (TPSA) is 119 Å². The van der Waals surface area contributed by atoms with Crippen molar-refractivity contribution in [3.05, 3.63) is 88.5 Å². The first-order valence-electron chi connectivity index (χ1n) is 11.8. The van der Waals surface area contributed by atoms with E-state index in [-0.39, 0.29) is 28.6 Å². The van der Waals surface area contributed by atoms with Crippen LogP contribution in [0.25, 0.3) is 6.08 Å². The summed E-state index contributed by atoms with van der Waals surface area (Å²) in [6, 6.07) is 14.8. The Morgan fingerprint density at radius 3 is 2.24 bits per heavy atom. The van der Waals surface area contributed by atoms with Gasteiger partial charge in [0.15, 0.2) is 11.5 Å². The summed E-state index contributed by atoms with van der Waals surface area (Å²) >= 11 is 0. The van der Waals surface area contributed by atoms with Crippen LogP contribution in [0.4, 0.5) is 10.5 Å². The standard InChI is InChI=1S/C28H26N2O7S/c1-5-36-25-16-20(9-13-24(25)37-38(34,35)22-11-6-17(2)7-12-22)15-23-26(31)29-28(33)30(27(23)32)21-10-8-18(3)19(4)14-21/h6-16H,5H2,1-4H3,(H,29,31,33)/b23-15+. The summed E-state index contributed by atoms with van der Waals surface area (Å²) in [6.45, 7) is 7.52. The molecule has 9 nitrogen and oxygen atoms in total. The van der Waals surface area contributed by atoms with Crippen molar-refractivity contribution in [1.29, 1.82) is 0 Å². The third kappa shape index (κ3) is 5.45. The molecule has 4 rings (SSSR count). The number of anilines is 1. The lowest BCUT2D eigenvalue weighted by Crippen LogP contribution is -2.54. The predicted molar refractivity (Wildman–Crippen MR) is 142 cm³/mol. The number of benzene rings is 3. The van der Waals surface area contributed by atoms with Crippen LogP contribution in [0.2, 0.25) is 0 Å². The Kier molecular flexibility index (Phi) is 7.36. The van der Waals surface area contributed by atoms with Gasteiger partial charge in [-0.15, -0.1) is 0 Å². The predicted octanol–water partition coefficient (Wildman–Crippen LogP) is 4.44. The van der Waals surface area contributed by atoms with Crippen LogP contribution in [0, 0.1) is 20.8 Å². The monoisotopic (exact) mass is 534 g/mol. The van der Waals surface area contributed by atoms with Crippen LogP contribution in [-0.2, 0) is 19.7 Å². The van der Waals surface area contributed by atoms with Crippen LogP contribution in [0.15, 0.2) is 71.1 Å². The minimum Gasteiger partial charge on any atom is -0.490 e. The van der Waals surface area contributed by atoms with Crippen molar-refractivity contribution >= 4 is 39.7 Å². The summed E-state index contributed by atoms with van der Waals surface area (Å²) in [5, 5.41) is 2.19. The number of hydrogen-bond acceptors (Lipinski definition) is 7. The highest BCUT2D eigenvalue weighted by Crippen LogP contribution is 2.32. The molecule has 0 saturated carbocycles. The molecule has 3 aromatic carbocycles. The second-order valence-electron chi connectivity index (χ2n) is 8.72. The largest absolute Gasteiger partial charge is 0.490 e. The van der Waals surface area contributed by atoms with Gasteiger partial charge < -0.3 is 8.92 Å². The number of barbiturate groups is 1. The smallest absolute Gasteiger partial charge is 0.339 e. The molecule has 1 N–H and O–H groups in total. The van der Waals surface area contributed by atoms with Crippen LogP contribution in [0.1, 0.15) is 29.2 Å². The van der Waals surface area contributed by atoms with E-state index in [4.69, 9.17) is 8.92 Å². The van der Waals surface area contributed by atoms with Gasteiger partial charge in [0, 0.05) is 0 Å². The van der Waals surface area contributed by atoms with Crippen LogP contribution in [0.3, 0.4) is 0 Å². The lowest BCUT2D eigenvalue weighted by atomic mass is 10.0. The number of aryl methyl sites for hydroxylation is 3. The highest BCUT2D eigenvalue weighted by atomic mass is 32.2. The number of imide groups is 2. The summed E-state index contributed by atoms with van der Waals surface area (Å²) in [4.78, 5) is 39.2. The van der Waals surface area contributed by atoms with Crippen LogP contribution in [-0.4, -0.2) is 32.9 Å². The summed E-state index contributed by atoms with van der Waals surface area (Å²) in [7, 11) is -4.14. The van der Waals surface area contributed by atoms with Gasteiger partial charge in [0.1, 0.15) is 10.5 Å². The van der Waals surface area contributed by atoms with E-state index in [1.54, 1.807) is 37.3 Å². The summed E-state index contributed by atoms with van der Waals surface area (Å²) in [6.07, 6.45) is 1.30. The maximum Gasteiger partial charge on any atom is 0.339 e. The molecule has 4 amide bonds. The van der Waals surface area contributed by atoms with E-state index in [0.717, 1.165) is 21.6 Å². The van der Waals surface area contributed by atoms with Crippen LogP contribution >= 0.6 is 0 Å². The molecule has 0 unspecified atom stereocenters. The molecule has 3 aromatic rings. The number of rotatable bonds is 7.